The number of aryl methyl sites for hydroxylation is 1. The molecule has 0 saturated carbocycles. The fourth-order valence-electron chi connectivity index (χ4n) is 2.38. The Balaban J connectivity index is 1.61. The van der Waals surface area contributed by atoms with E-state index in [1.54, 1.807) is 19.1 Å². The summed E-state index contributed by atoms with van der Waals surface area (Å²) in [4.78, 5) is 16.5. The molecule has 2 N–H and O–H groups in total. The number of carbonyl (C=O) groups excluding carboxylic acids is 1. The molecule has 1 unspecified atom stereocenters. The number of aromatic nitrogens is 2. The Morgan fingerprint density at radius 2 is 2.22 bits per heavy atom. The van der Waals surface area contributed by atoms with Crippen molar-refractivity contribution in [3.05, 3.63) is 59.9 Å². The molecular weight excluding hydrogens is 294 g/mol. The van der Waals surface area contributed by atoms with Gasteiger partial charge in [0.25, 0.3) is 0 Å². The molecule has 3 aromatic rings. The van der Waals surface area contributed by atoms with E-state index in [9.17, 15) is 9.90 Å². The van der Waals surface area contributed by atoms with Gasteiger partial charge in [-0.3, -0.25) is 4.79 Å². The number of nitrogens with zero attached hydrogens (tertiary/aromatic N) is 2. The van der Waals surface area contributed by atoms with E-state index in [4.69, 9.17) is 4.42 Å². The third-order valence-corrected chi connectivity index (χ3v) is 3.66. The van der Waals surface area contributed by atoms with Crippen LogP contribution < -0.4 is 5.32 Å². The van der Waals surface area contributed by atoms with Gasteiger partial charge in [-0.25, -0.2) is 4.98 Å². The number of rotatable bonds is 5. The Kier molecular flexibility index (Phi) is 3.92. The summed E-state index contributed by atoms with van der Waals surface area (Å²) in [5, 5.41) is 13.1. The second-order valence-electron chi connectivity index (χ2n) is 5.84. The van der Waals surface area contributed by atoms with Crippen molar-refractivity contribution >= 4 is 11.6 Å². The molecule has 0 aromatic carbocycles. The average molecular weight is 313 g/mol. The molecule has 0 aliphatic carbocycles. The van der Waals surface area contributed by atoms with E-state index >= 15 is 0 Å². The Labute approximate surface area is 133 Å². The zero-order valence-corrected chi connectivity index (χ0v) is 13.1. The molecule has 120 valence electrons. The molecule has 0 radical (unpaired) electrons. The molecular formula is C17H19N3O3. The SMILES string of the molecule is Cc1ccc(C(C)(O)CNC(=O)Cc2cn3ccccc3n2)o1. The zero-order chi connectivity index (χ0) is 16.4. The minimum atomic E-state index is -1.25. The van der Waals surface area contributed by atoms with Crippen LogP contribution in [0.15, 0.2) is 47.1 Å². The van der Waals surface area contributed by atoms with Crippen LogP contribution >= 0.6 is 0 Å². The van der Waals surface area contributed by atoms with Crippen molar-refractivity contribution in [3.63, 3.8) is 0 Å². The fourth-order valence-corrected chi connectivity index (χ4v) is 2.38. The predicted octanol–water partition coefficient (Wildman–Crippen LogP) is 1.80. The molecule has 3 rings (SSSR count). The number of hydrogen-bond donors (Lipinski definition) is 2. The summed E-state index contributed by atoms with van der Waals surface area (Å²) in [7, 11) is 0. The van der Waals surface area contributed by atoms with E-state index in [-0.39, 0.29) is 18.9 Å². The number of amides is 1. The second-order valence-corrected chi connectivity index (χ2v) is 5.84. The summed E-state index contributed by atoms with van der Waals surface area (Å²) in [6.07, 6.45) is 3.87. The molecule has 0 fully saturated rings. The van der Waals surface area contributed by atoms with Gasteiger partial charge in [0.15, 0.2) is 0 Å². The van der Waals surface area contributed by atoms with Crippen LogP contribution in [0.5, 0.6) is 0 Å². The molecule has 3 aromatic heterocycles. The van der Waals surface area contributed by atoms with Crippen molar-refractivity contribution in [3.8, 4) is 0 Å². The summed E-state index contributed by atoms with van der Waals surface area (Å²) >= 11 is 0. The Bertz CT molecular complexity index is 799. The third-order valence-electron chi connectivity index (χ3n) is 3.66. The normalized spacial score (nSPS) is 13.9. The Morgan fingerprint density at radius 3 is 2.91 bits per heavy atom. The number of pyridine rings is 1. The monoisotopic (exact) mass is 313 g/mol. The predicted molar refractivity (Wildman–Crippen MR) is 84.9 cm³/mol. The van der Waals surface area contributed by atoms with Crippen molar-refractivity contribution in [2.75, 3.05) is 6.54 Å². The van der Waals surface area contributed by atoms with Crippen molar-refractivity contribution in [1.29, 1.82) is 0 Å². The third kappa shape index (κ3) is 3.43. The van der Waals surface area contributed by atoms with Crippen LogP contribution in [0.1, 0.15) is 24.1 Å². The lowest BCUT2D eigenvalue weighted by molar-refractivity contribution is -0.121. The van der Waals surface area contributed by atoms with Crippen LogP contribution in [0.25, 0.3) is 5.65 Å². The first-order chi connectivity index (χ1) is 10.9. The average Bonchev–Trinajstić information content (AvgIpc) is 3.11. The topological polar surface area (TPSA) is 79.8 Å². The second kappa shape index (κ2) is 5.89. The highest BCUT2D eigenvalue weighted by Gasteiger charge is 2.27. The van der Waals surface area contributed by atoms with Crippen LogP contribution in [-0.4, -0.2) is 26.9 Å². The Hall–Kier alpha value is -2.60. The maximum absolute atomic E-state index is 12.1. The quantitative estimate of drug-likeness (QED) is 0.753. The molecule has 0 bridgehead atoms. The van der Waals surface area contributed by atoms with Crippen LogP contribution in [0.2, 0.25) is 0 Å². The van der Waals surface area contributed by atoms with Gasteiger partial charge in [-0.15, -0.1) is 0 Å². The molecule has 6 nitrogen and oxygen atoms in total. The van der Waals surface area contributed by atoms with Crippen molar-refractivity contribution in [2.24, 2.45) is 0 Å². The van der Waals surface area contributed by atoms with Gasteiger partial charge in [-0.05, 0) is 38.1 Å². The maximum Gasteiger partial charge on any atom is 0.226 e. The van der Waals surface area contributed by atoms with Crippen LogP contribution in [-0.2, 0) is 16.8 Å². The van der Waals surface area contributed by atoms with E-state index in [0.717, 1.165) is 11.4 Å². The Morgan fingerprint density at radius 1 is 1.39 bits per heavy atom. The van der Waals surface area contributed by atoms with E-state index in [2.05, 4.69) is 10.3 Å². The number of fused-ring (bicyclic) bond motifs is 1. The minimum absolute atomic E-state index is 0.0756. The number of imidazole rings is 1. The molecule has 0 spiro atoms. The number of furan rings is 1. The van der Waals surface area contributed by atoms with Gasteiger partial charge < -0.3 is 19.2 Å². The number of carbonyl (C=O) groups is 1. The first kappa shape index (κ1) is 15.3. The zero-order valence-electron chi connectivity index (χ0n) is 13.1. The van der Waals surface area contributed by atoms with E-state index in [1.165, 1.54) is 0 Å². The van der Waals surface area contributed by atoms with Gasteiger partial charge in [-0.2, -0.15) is 0 Å². The molecule has 1 amide bonds. The minimum Gasteiger partial charge on any atom is -0.463 e. The largest absolute Gasteiger partial charge is 0.463 e. The summed E-state index contributed by atoms with van der Waals surface area (Å²) in [5.74, 6) is 0.955. The highest BCUT2D eigenvalue weighted by molar-refractivity contribution is 5.78. The van der Waals surface area contributed by atoms with Gasteiger partial charge in [0.1, 0.15) is 22.8 Å². The van der Waals surface area contributed by atoms with Crippen molar-refractivity contribution in [1.82, 2.24) is 14.7 Å². The van der Waals surface area contributed by atoms with Crippen LogP contribution in [0.4, 0.5) is 0 Å². The molecule has 3 heterocycles. The van der Waals surface area contributed by atoms with Gasteiger partial charge in [0.2, 0.25) is 5.91 Å². The first-order valence-electron chi connectivity index (χ1n) is 7.43. The van der Waals surface area contributed by atoms with Gasteiger partial charge in [0, 0.05) is 12.4 Å². The van der Waals surface area contributed by atoms with E-state index < -0.39 is 5.60 Å². The number of hydrogen-bond acceptors (Lipinski definition) is 4. The van der Waals surface area contributed by atoms with E-state index in [1.807, 2.05) is 41.9 Å². The molecule has 6 heteroatoms. The van der Waals surface area contributed by atoms with Gasteiger partial charge in [-0.1, -0.05) is 6.07 Å². The summed E-state index contributed by atoms with van der Waals surface area (Å²) in [6.45, 7) is 3.49. The van der Waals surface area contributed by atoms with Gasteiger partial charge >= 0.3 is 0 Å². The lowest BCUT2D eigenvalue weighted by Crippen LogP contribution is -2.39. The standard InChI is InChI=1S/C17H19N3O3/c1-12-6-7-14(23-12)17(2,22)11-18-16(21)9-13-10-20-8-4-3-5-15(20)19-13/h3-8,10,22H,9,11H2,1-2H3,(H,18,21). The van der Waals surface area contributed by atoms with Gasteiger partial charge in [0.05, 0.1) is 18.7 Å². The lowest BCUT2D eigenvalue weighted by atomic mass is 10.0. The highest BCUT2D eigenvalue weighted by Crippen LogP contribution is 2.21. The molecule has 0 aliphatic rings. The highest BCUT2D eigenvalue weighted by atomic mass is 16.4. The molecule has 23 heavy (non-hydrogen) atoms. The molecule has 0 saturated heterocycles. The lowest BCUT2D eigenvalue weighted by Gasteiger charge is -2.21. The van der Waals surface area contributed by atoms with Crippen molar-refractivity contribution < 1.29 is 14.3 Å². The number of nitrogens with one attached hydrogen (secondary N) is 1. The first-order valence-corrected chi connectivity index (χ1v) is 7.43. The fraction of sp³-hybridized carbons (Fsp3) is 0.294. The maximum atomic E-state index is 12.1. The number of aliphatic hydroxyl groups is 1. The van der Waals surface area contributed by atoms with Crippen LogP contribution in [0.3, 0.4) is 0 Å². The summed E-state index contributed by atoms with van der Waals surface area (Å²) in [5.41, 5.74) is 0.235. The van der Waals surface area contributed by atoms with Crippen molar-refractivity contribution in [2.45, 2.75) is 25.9 Å². The smallest absolute Gasteiger partial charge is 0.226 e. The molecule has 0 aliphatic heterocycles. The van der Waals surface area contributed by atoms with Crippen LogP contribution in [0, 0.1) is 6.92 Å². The summed E-state index contributed by atoms with van der Waals surface area (Å²) in [6, 6.07) is 9.17. The molecule has 1 atom stereocenters. The van der Waals surface area contributed by atoms with E-state index in [0.29, 0.717) is 11.5 Å². The summed E-state index contributed by atoms with van der Waals surface area (Å²) < 4.78 is 7.29.